The largest absolute Gasteiger partial charge is 0.333 e. The average molecular weight is 301 g/mol. The number of rotatable bonds is 5. The van der Waals surface area contributed by atoms with E-state index in [1.807, 2.05) is 10.8 Å². The molecule has 0 aliphatic heterocycles. The molecule has 0 bridgehead atoms. The summed E-state index contributed by atoms with van der Waals surface area (Å²) in [6, 6.07) is 0. The third-order valence-corrected chi connectivity index (χ3v) is 5.70. The van der Waals surface area contributed by atoms with Crippen LogP contribution >= 0.6 is 0 Å². The quantitative estimate of drug-likeness (QED) is 0.903. The summed E-state index contributed by atoms with van der Waals surface area (Å²) in [4.78, 5) is 4.29. The van der Waals surface area contributed by atoms with Crippen LogP contribution in [0, 0.1) is 0 Å². The minimum absolute atomic E-state index is 0.00820. The Morgan fingerprint density at radius 1 is 1.20 bits per heavy atom. The van der Waals surface area contributed by atoms with Gasteiger partial charge in [0.15, 0.2) is 9.84 Å². The Morgan fingerprint density at radius 2 is 1.80 bits per heavy atom. The van der Waals surface area contributed by atoms with Crippen LogP contribution in [0.5, 0.6) is 0 Å². The molecule has 1 N–H and O–H groups in total. The Hall–Kier alpha value is -0.880. The lowest BCUT2D eigenvalue weighted by molar-refractivity contribution is 0.412. The van der Waals surface area contributed by atoms with Gasteiger partial charge in [0, 0.05) is 24.5 Å². The van der Waals surface area contributed by atoms with E-state index in [1.165, 1.54) is 0 Å². The molecule has 1 aromatic heterocycles. The maximum Gasteiger partial charge on any atom is 0.156 e. The van der Waals surface area contributed by atoms with Crippen molar-refractivity contribution in [2.45, 2.75) is 64.9 Å². The van der Waals surface area contributed by atoms with Crippen LogP contribution in [0.4, 0.5) is 0 Å². The first-order valence-corrected chi connectivity index (χ1v) is 8.55. The highest BCUT2D eigenvalue weighted by Gasteiger charge is 2.28. The van der Waals surface area contributed by atoms with Crippen molar-refractivity contribution in [1.82, 2.24) is 14.9 Å². The highest BCUT2D eigenvalue weighted by molar-refractivity contribution is 7.92. The zero-order valence-corrected chi connectivity index (χ0v) is 14.2. The standard InChI is InChI=1S/C14H27N3O2S/c1-13(2,3)16-11-12-15-7-8-17(12)9-10-20(18,19)14(4,5)6/h7-8,16H,9-11H2,1-6H3. The first-order chi connectivity index (χ1) is 8.92. The maximum absolute atomic E-state index is 12.1. The van der Waals surface area contributed by atoms with Crippen molar-refractivity contribution in [1.29, 1.82) is 0 Å². The predicted octanol–water partition coefficient (Wildman–Crippen LogP) is 1.98. The summed E-state index contributed by atoms with van der Waals surface area (Å²) in [7, 11) is -3.10. The van der Waals surface area contributed by atoms with E-state index in [4.69, 9.17) is 0 Å². The minimum atomic E-state index is -3.10. The maximum atomic E-state index is 12.1. The third kappa shape index (κ3) is 4.90. The summed E-state index contributed by atoms with van der Waals surface area (Å²) in [6.07, 6.45) is 3.54. The van der Waals surface area contributed by atoms with Gasteiger partial charge in [-0.15, -0.1) is 0 Å². The fourth-order valence-corrected chi connectivity index (χ4v) is 2.63. The predicted molar refractivity (Wildman–Crippen MR) is 82.4 cm³/mol. The van der Waals surface area contributed by atoms with Crippen LogP contribution in [0.3, 0.4) is 0 Å². The Bertz CT molecular complexity index is 534. The van der Waals surface area contributed by atoms with E-state index < -0.39 is 14.6 Å². The molecule has 0 amide bonds. The minimum Gasteiger partial charge on any atom is -0.333 e. The molecular formula is C14H27N3O2S. The van der Waals surface area contributed by atoms with Crippen LogP contribution in [0.1, 0.15) is 47.4 Å². The molecule has 0 aromatic carbocycles. The second kappa shape index (κ2) is 5.85. The van der Waals surface area contributed by atoms with Gasteiger partial charge in [0.1, 0.15) is 5.82 Å². The highest BCUT2D eigenvalue weighted by Crippen LogP contribution is 2.16. The Labute approximate surface area is 122 Å². The Balaban J connectivity index is 2.69. The molecule has 0 radical (unpaired) electrons. The van der Waals surface area contributed by atoms with E-state index >= 15 is 0 Å². The summed E-state index contributed by atoms with van der Waals surface area (Å²) in [5.74, 6) is 0.999. The van der Waals surface area contributed by atoms with Gasteiger partial charge >= 0.3 is 0 Å². The molecule has 0 atom stereocenters. The average Bonchev–Trinajstić information content (AvgIpc) is 2.68. The number of imidazole rings is 1. The fraction of sp³-hybridized carbons (Fsp3) is 0.786. The van der Waals surface area contributed by atoms with Crippen LogP contribution in [-0.2, 0) is 22.9 Å². The summed E-state index contributed by atoms with van der Waals surface area (Å²) in [5.41, 5.74) is 0.00820. The molecule has 0 unspecified atom stereocenters. The van der Waals surface area contributed by atoms with Gasteiger partial charge in [-0.1, -0.05) is 0 Å². The molecule has 20 heavy (non-hydrogen) atoms. The zero-order valence-electron chi connectivity index (χ0n) is 13.4. The van der Waals surface area contributed by atoms with Gasteiger partial charge in [-0.3, -0.25) is 0 Å². The Kier molecular flexibility index (Phi) is 5.03. The monoisotopic (exact) mass is 301 g/mol. The van der Waals surface area contributed by atoms with Crippen molar-refractivity contribution >= 4 is 9.84 Å². The van der Waals surface area contributed by atoms with Crippen molar-refractivity contribution < 1.29 is 8.42 Å². The highest BCUT2D eigenvalue weighted by atomic mass is 32.2. The fourth-order valence-electron chi connectivity index (χ4n) is 1.58. The van der Waals surface area contributed by atoms with Crippen LogP contribution in [0.2, 0.25) is 0 Å². The lowest BCUT2D eigenvalue weighted by atomic mass is 10.1. The molecule has 0 fully saturated rings. The lowest BCUT2D eigenvalue weighted by Gasteiger charge is -2.21. The second-order valence-electron chi connectivity index (χ2n) is 7.07. The molecule has 0 saturated heterocycles. The van der Waals surface area contributed by atoms with Crippen LogP contribution in [0.25, 0.3) is 0 Å². The number of nitrogens with one attached hydrogen (secondary N) is 1. The molecule has 0 aliphatic rings. The van der Waals surface area contributed by atoms with Crippen LogP contribution < -0.4 is 5.32 Å². The van der Waals surface area contributed by atoms with E-state index in [0.29, 0.717) is 13.1 Å². The van der Waals surface area contributed by atoms with Crippen molar-refractivity contribution in [3.8, 4) is 0 Å². The molecule has 0 spiro atoms. The van der Waals surface area contributed by atoms with Gasteiger partial charge < -0.3 is 9.88 Å². The van der Waals surface area contributed by atoms with Crippen molar-refractivity contribution in [2.75, 3.05) is 5.75 Å². The third-order valence-electron chi connectivity index (χ3n) is 3.11. The van der Waals surface area contributed by atoms with Gasteiger partial charge in [-0.05, 0) is 41.5 Å². The van der Waals surface area contributed by atoms with Crippen LogP contribution in [-0.4, -0.2) is 34.0 Å². The number of nitrogens with zero attached hydrogens (tertiary/aromatic N) is 2. The molecule has 116 valence electrons. The number of aromatic nitrogens is 2. The molecule has 0 aliphatic carbocycles. The molecular weight excluding hydrogens is 274 g/mol. The topological polar surface area (TPSA) is 64.0 Å². The van der Waals surface area contributed by atoms with Crippen LogP contribution in [0.15, 0.2) is 12.4 Å². The van der Waals surface area contributed by atoms with Gasteiger partial charge in [0.25, 0.3) is 0 Å². The van der Waals surface area contributed by atoms with Gasteiger partial charge in [-0.25, -0.2) is 13.4 Å². The summed E-state index contributed by atoms with van der Waals surface area (Å²) in [5, 5.41) is 3.36. The normalized spacial score (nSPS) is 13.7. The first kappa shape index (κ1) is 17.2. The van der Waals surface area contributed by atoms with E-state index in [9.17, 15) is 8.42 Å². The number of hydrogen-bond donors (Lipinski definition) is 1. The Morgan fingerprint density at radius 3 is 2.30 bits per heavy atom. The zero-order chi connectivity index (χ0) is 15.6. The number of sulfone groups is 1. The number of hydrogen-bond acceptors (Lipinski definition) is 4. The van der Waals surface area contributed by atoms with Gasteiger partial charge in [0.05, 0.1) is 17.0 Å². The van der Waals surface area contributed by atoms with Crippen molar-refractivity contribution in [2.24, 2.45) is 0 Å². The van der Waals surface area contributed by atoms with E-state index in [0.717, 1.165) is 5.82 Å². The second-order valence-corrected chi connectivity index (χ2v) is 9.93. The van der Waals surface area contributed by atoms with Gasteiger partial charge in [0.2, 0.25) is 0 Å². The van der Waals surface area contributed by atoms with E-state index in [1.54, 1.807) is 27.0 Å². The molecule has 0 saturated carbocycles. The molecule has 6 heteroatoms. The molecule has 1 heterocycles. The van der Waals surface area contributed by atoms with Crippen molar-refractivity contribution in [3.63, 3.8) is 0 Å². The van der Waals surface area contributed by atoms with E-state index in [2.05, 4.69) is 31.1 Å². The van der Waals surface area contributed by atoms with E-state index in [-0.39, 0.29) is 11.3 Å². The lowest BCUT2D eigenvalue weighted by Crippen LogP contribution is -2.36. The van der Waals surface area contributed by atoms with Crippen molar-refractivity contribution in [3.05, 3.63) is 18.2 Å². The molecule has 5 nitrogen and oxygen atoms in total. The first-order valence-electron chi connectivity index (χ1n) is 6.90. The molecule has 1 rings (SSSR count). The summed E-state index contributed by atoms with van der Waals surface area (Å²) >= 11 is 0. The number of aryl methyl sites for hydroxylation is 1. The smallest absolute Gasteiger partial charge is 0.156 e. The summed E-state index contributed by atoms with van der Waals surface area (Å²) < 4.78 is 25.4. The van der Waals surface area contributed by atoms with Gasteiger partial charge in [-0.2, -0.15) is 0 Å². The molecule has 1 aromatic rings. The summed E-state index contributed by atoms with van der Waals surface area (Å²) in [6.45, 7) is 12.5. The SMILES string of the molecule is CC(C)(C)NCc1nccn1CCS(=O)(=O)C(C)(C)C.